The van der Waals surface area contributed by atoms with Crippen molar-refractivity contribution >= 4 is 0 Å². The highest BCUT2D eigenvalue weighted by molar-refractivity contribution is 5.17. The second-order valence-corrected chi connectivity index (χ2v) is 4.70. The second-order valence-electron chi connectivity index (χ2n) is 4.70. The van der Waals surface area contributed by atoms with E-state index in [1.807, 2.05) is 6.07 Å². The van der Waals surface area contributed by atoms with E-state index in [4.69, 9.17) is 4.74 Å². The normalized spacial score (nSPS) is 22.9. The molecule has 1 aromatic carbocycles. The Balaban J connectivity index is 1.93. The molecule has 1 N–H and O–H groups in total. The van der Waals surface area contributed by atoms with Crippen LogP contribution in [0.2, 0.25) is 0 Å². The second kappa shape index (κ2) is 6.27. The van der Waals surface area contributed by atoms with E-state index in [9.17, 15) is 9.50 Å². The first-order valence-corrected chi connectivity index (χ1v) is 6.45. The van der Waals surface area contributed by atoms with Crippen LogP contribution in [0.4, 0.5) is 4.39 Å². The van der Waals surface area contributed by atoms with Gasteiger partial charge in [-0.25, -0.2) is 4.39 Å². The summed E-state index contributed by atoms with van der Waals surface area (Å²) in [6.07, 6.45) is -0.330. The summed E-state index contributed by atoms with van der Waals surface area (Å²) in [7, 11) is 0. The van der Waals surface area contributed by atoms with E-state index in [1.54, 1.807) is 6.07 Å². The van der Waals surface area contributed by atoms with Crippen LogP contribution in [0, 0.1) is 5.82 Å². The van der Waals surface area contributed by atoms with Crippen LogP contribution in [0.1, 0.15) is 12.5 Å². The number of likely N-dealkylation sites (N-methyl/N-ethyl adjacent to an activating group) is 1. The molecule has 0 bridgehead atoms. The van der Waals surface area contributed by atoms with Crippen molar-refractivity contribution in [3.8, 4) is 0 Å². The van der Waals surface area contributed by atoms with Gasteiger partial charge >= 0.3 is 0 Å². The van der Waals surface area contributed by atoms with Gasteiger partial charge in [0, 0.05) is 19.5 Å². The van der Waals surface area contributed by atoms with E-state index < -0.39 is 6.10 Å². The molecule has 1 fully saturated rings. The van der Waals surface area contributed by atoms with Crippen molar-refractivity contribution in [2.24, 2.45) is 0 Å². The summed E-state index contributed by atoms with van der Waals surface area (Å²) >= 11 is 0. The summed E-state index contributed by atoms with van der Waals surface area (Å²) in [6, 6.07) is 6.36. The lowest BCUT2D eigenvalue weighted by Gasteiger charge is -2.34. The van der Waals surface area contributed by atoms with Gasteiger partial charge in [0.25, 0.3) is 0 Å². The number of aliphatic hydroxyl groups is 1. The highest BCUT2D eigenvalue weighted by atomic mass is 19.1. The first-order chi connectivity index (χ1) is 8.69. The maximum absolute atomic E-state index is 13.1. The number of hydrogen-bond acceptors (Lipinski definition) is 3. The molecule has 0 aliphatic carbocycles. The fourth-order valence-corrected chi connectivity index (χ4v) is 2.29. The quantitative estimate of drug-likeness (QED) is 0.881. The average molecular weight is 253 g/mol. The summed E-state index contributed by atoms with van der Waals surface area (Å²) in [5.41, 5.74) is 0.805. The van der Waals surface area contributed by atoms with Gasteiger partial charge in [-0.3, -0.25) is 4.90 Å². The third kappa shape index (κ3) is 3.51. The predicted octanol–water partition coefficient (Wildman–Crippen LogP) is 1.45. The van der Waals surface area contributed by atoms with Crippen molar-refractivity contribution in [3.05, 3.63) is 35.6 Å². The third-order valence-electron chi connectivity index (χ3n) is 3.39. The average Bonchev–Trinajstić information content (AvgIpc) is 2.39. The van der Waals surface area contributed by atoms with Gasteiger partial charge in [0.2, 0.25) is 0 Å². The maximum Gasteiger partial charge on any atom is 0.123 e. The number of benzene rings is 1. The molecule has 100 valence electrons. The number of nitrogens with zero attached hydrogens (tertiary/aromatic N) is 1. The van der Waals surface area contributed by atoms with Crippen molar-refractivity contribution in [3.63, 3.8) is 0 Å². The van der Waals surface area contributed by atoms with Gasteiger partial charge in [0.15, 0.2) is 0 Å². The zero-order valence-electron chi connectivity index (χ0n) is 10.7. The largest absolute Gasteiger partial charge is 0.390 e. The Morgan fingerprint density at radius 1 is 1.56 bits per heavy atom. The number of halogens is 1. The van der Waals surface area contributed by atoms with Crippen LogP contribution in [0.3, 0.4) is 0 Å². The monoisotopic (exact) mass is 253 g/mol. The summed E-state index contributed by atoms with van der Waals surface area (Å²) in [4.78, 5) is 2.25. The first-order valence-electron chi connectivity index (χ1n) is 6.45. The van der Waals surface area contributed by atoms with Gasteiger partial charge in [-0.1, -0.05) is 19.1 Å². The molecule has 0 aromatic heterocycles. The summed E-state index contributed by atoms with van der Waals surface area (Å²) in [5.74, 6) is -0.264. The van der Waals surface area contributed by atoms with Crippen LogP contribution in [0.5, 0.6) is 0 Å². The molecule has 0 amide bonds. The minimum atomic E-state index is -0.582. The van der Waals surface area contributed by atoms with Gasteiger partial charge in [0.1, 0.15) is 5.82 Å². The minimum Gasteiger partial charge on any atom is -0.390 e. The Hall–Kier alpha value is -0.970. The molecule has 1 saturated heterocycles. The van der Waals surface area contributed by atoms with Crippen LogP contribution in [-0.4, -0.2) is 48.5 Å². The third-order valence-corrected chi connectivity index (χ3v) is 3.39. The molecule has 3 nitrogen and oxygen atoms in total. The van der Waals surface area contributed by atoms with E-state index in [2.05, 4.69) is 11.8 Å². The molecule has 1 aromatic rings. The highest BCUT2D eigenvalue weighted by Gasteiger charge is 2.26. The van der Waals surface area contributed by atoms with E-state index in [0.29, 0.717) is 13.0 Å². The van der Waals surface area contributed by atoms with Gasteiger partial charge in [0.05, 0.1) is 18.8 Å². The molecule has 1 heterocycles. The molecule has 0 spiro atoms. The molecule has 0 radical (unpaired) electrons. The van der Waals surface area contributed by atoms with Crippen LogP contribution in [-0.2, 0) is 11.2 Å². The predicted molar refractivity (Wildman–Crippen MR) is 68.0 cm³/mol. The number of aliphatic hydroxyl groups excluding tert-OH is 1. The first kappa shape index (κ1) is 13.5. The number of rotatable bonds is 4. The lowest BCUT2D eigenvalue weighted by molar-refractivity contribution is -0.0867. The molecule has 1 aliphatic heterocycles. The minimum absolute atomic E-state index is 0.179. The lowest BCUT2D eigenvalue weighted by atomic mass is 10.0. The summed E-state index contributed by atoms with van der Waals surface area (Å²) in [6.45, 7) is 5.37. The molecule has 2 atom stereocenters. The SMILES string of the molecule is CCN1CCOC(C(O)Cc2cccc(F)c2)C1. The smallest absolute Gasteiger partial charge is 0.123 e. The molecule has 4 heteroatoms. The summed E-state index contributed by atoms with van der Waals surface area (Å²) in [5, 5.41) is 10.2. The molecular formula is C14H20FNO2. The number of hydrogen-bond donors (Lipinski definition) is 1. The van der Waals surface area contributed by atoms with Crippen LogP contribution in [0.15, 0.2) is 24.3 Å². The summed E-state index contributed by atoms with van der Waals surface area (Å²) < 4.78 is 18.6. The molecule has 1 aliphatic rings. The molecule has 2 rings (SSSR count). The van der Waals surface area contributed by atoms with Gasteiger partial charge in [-0.05, 0) is 24.2 Å². The van der Waals surface area contributed by atoms with E-state index in [-0.39, 0.29) is 11.9 Å². The van der Waals surface area contributed by atoms with Crippen molar-refractivity contribution in [1.29, 1.82) is 0 Å². The topological polar surface area (TPSA) is 32.7 Å². The number of morpholine rings is 1. The zero-order valence-corrected chi connectivity index (χ0v) is 10.7. The van der Waals surface area contributed by atoms with E-state index in [0.717, 1.165) is 25.2 Å². The Kier molecular flexibility index (Phi) is 4.69. The highest BCUT2D eigenvalue weighted by Crippen LogP contribution is 2.14. The molecular weight excluding hydrogens is 233 g/mol. The van der Waals surface area contributed by atoms with Gasteiger partial charge in [-0.2, -0.15) is 0 Å². The Morgan fingerprint density at radius 3 is 3.11 bits per heavy atom. The lowest BCUT2D eigenvalue weighted by Crippen LogP contribution is -2.48. The van der Waals surface area contributed by atoms with E-state index >= 15 is 0 Å². The maximum atomic E-state index is 13.1. The van der Waals surface area contributed by atoms with Crippen molar-refractivity contribution in [2.45, 2.75) is 25.6 Å². The van der Waals surface area contributed by atoms with Crippen molar-refractivity contribution in [2.75, 3.05) is 26.2 Å². The zero-order chi connectivity index (χ0) is 13.0. The molecule has 18 heavy (non-hydrogen) atoms. The standard InChI is InChI=1S/C14H20FNO2/c1-2-16-6-7-18-14(10-16)13(17)9-11-4-3-5-12(15)8-11/h3-5,8,13-14,17H,2,6-7,9-10H2,1H3. The van der Waals surface area contributed by atoms with E-state index in [1.165, 1.54) is 12.1 Å². The molecule has 2 unspecified atom stereocenters. The van der Waals surface area contributed by atoms with Crippen molar-refractivity contribution in [1.82, 2.24) is 4.90 Å². The van der Waals surface area contributed by atoms with Crippen LogP contribution < -0.4 is 0 Å². The fourth-order valence-electron chi connectivity index (χ4n) is 2.29. The molecule has 0 saturated carbocycles. The van der Waals surface area contributed by atoms with Crippen LogP contribution in [0.25, 0.3) is 0 Å². The fraction of sp³-hybridized carbons (Fsp3) is 0.571. The van der Waals surface area contributed by atoms with Gasteiger partial charge < -0.3 is 9.84 Å². The van der Waals surface area contributed by atoms with Crippen molar-refractivity contribution < 1.29 is 14.2 Å². The number of ether oxygens (including phenoxy) is 1. The Labute approximate surface area is 107 Å². The van der Waals surface area contributed by atoms with Crippen LogP contribution >= 0.6 is 0 Å². The van der Waals surface area contributed by atoms with Gasteiger partial charge in [-0.15, -0.1) is 0 Å². The Morgan fingerprint density at radius 2 is 2.39 bits per heavy atom. The Bertz CT molecular complexity index is 386.